The van der Waals surface area contributed by atoms with Gasteiger partial charge in [0.2, 0.25) is 0 Å². The van der Waals surface area contributed by atoms with Gasteiger partial charge in [0.05, 0.1) is 0 Å². The van der Waals surface area contributed by atoms with Crippen molar-refractivity contribution in [1.82, 2.24) is 5.32 Å². The van der Waals surface area contributed by atoms with Crippen molar-refractivity contribution in [3.63, 3.8) is 0 Å². The van der Waals surface area contributed by atoms with Crippen LogP contribution in [0.2, 0.25) is 10.0 Å². The van der Waals surface area contributed by atoms with E-state index in [1.165, 1.54) is 0 Å². The average molecular weight is 295 g/mol. The molecule has 0 bridgehead atoms. The summed E-state index contributed by atoms with van der Waals surface area (Å²) in [6.45, 7) is 2.63. The molecular weight excluding hydrogens is 280 g/mol. The SMILES string of the molecule is CC(CCCl)CNC(=O)c1cc(Cl)cc(Cl)c1. The summed E-state index contributed by atoms with van der Waals surface area (Å²) < 4.78 is 0. The van der Waals surface area contributed by atoms with E-state index < -0.39 is 0 Å². The van der Waals surface area contributed by atoms with Crippen molar-refractivity contribution in [1.29, 1.82) is 0 Å². The Kier molecular flexibility index (Phi) is 6.10. The highest BCUT2D eigenvalue weighted by molar-refractivity contribution is 6.35. The van der Waals surface area contributed by atoms with Gasteiger partial charge in [-0.1, -0.05) is 30.1 Å². The first-order valence-electron chi connectivity index (χ1n) is 5.33. The molecule has 0 aliphatic rings. The minimum absolute atomic E-state index is 0.171. The summed E-state index contributed by atoms with van der Waals surface area (Å²) in [5.41, 5.74) is 0.473. The third-order valence-electron chi connectivity index (χ3n) is 2.34. The van der Waals surface area contributed by atoms with Crippen molar-refractivity contribution in [3.05, 3.63) is 33.8 Å². The number of amides is 1. The molecule has 0 aromatic heterocycles. The molecule has 0 aliphatic carbocycles. The Labute approximate surface area is 116 Å². The van der Waals surface area contributed by atoms with Crippen molar-refractivity contribution in [2.24, 2.45) is 5.92 Å². The summed E-state index contributed by atoms with van der Waals surface area (Å²) in [7, 11) is 0. The van der Waals surface area contributed by atoms with Crippen LogP contribution in [-0.4, -0.2) is 18.3 Å². The van der Waals surface area contributed by atoms with Gasteiger partial charge in [-0.25, -0.2) is 0 Å². The lowest BCUT2D eigenvalue weighted by Crippen LogP contribution is -2.28. The van der Waals surface area contributed by atoms with E-state index in [0.717, 1.165) is 6.42 Å². The Balaban J connectivity index is 2.58. The maximum absolute atomic E-state index is 11.8. The predicted molar refractivity (Wildman–Crippen MR) is 73.3 cm³/mol. The molecule has 1 aromatic rings. The molecule has 1 aromatic carbocycles. The fourth-order valence-electron chi connectivity index (χ4n) is 1.34. The second-order valence-corrected chi connectivity index (χ2v) is 5.20. The molecule has 0 fully saturated rings. The number of carbonyl (C=O) groups is 1. The van der Waals surface area contributed by atoms with Crippen molar-refractivity contribution < 1.29 is 4.79 Å². The van der Waals surface area contributed by atoms with Gasteiger partial charge in [-0.3, -0.25) is 4.79 Å². The lowest BCUT2D eigenvalue weighted by atomic mass is 10.1. The molecule has 1 unspecified atom stereocenters. The molecule has 17 heavy (non-hydrogen) atoms. The maximum atomic E-state index is 11.8. The van der Waals surface area contributed by atoms with Crippen molar-refractivity contribution >= 4 is 40.7 Å². The smallest absolute Gasteiger partial charge is 0.251 e. The molecule has 0 saturated heterocycles. The second kappa shape index (κ2) is 7.10. The standard InChI is InChI=1S/C12H14Cl3NO/c1-8(2-3-13)7-16-12(17)9-4-10(14)6-11(15)5-9/h4-6,8H,2-3,7H2,1H3,(H,16,17). The fourth-order valence-corrected chi connectivity index (χ4v) is 2.24. The maximum Gasteiger partial charge on any atom is 0.251 e. The number of hydrogen-bond donors (Lipinski definition) is 1. The van der Waals surface area contributed by atoms with E-state index >= 15 is 0 Å². The highest BCUT2D eigenvalue weighted by Gasteiger charge is 2.09. The summed E-state index contributed by atoms with van der Waals surface area (Å²) in [6.07, 6.45) is 0.873. The highest BCUT2D eigenvalue weighted by Crippen LogP contribution is 2.19. The van der Waals surface area contributed by atoms with Crippen LogP contribution >= 0.6 is 34.8 Å². The van der Waals surface area contributed by atoms with Crippen molar-refractivity contribution in [2.75, 3.05) is 12.4 Å². The van der Waals surface area contributed by atoms with Gasteiger partial charge in [0.1, 0.15) is 0 Å². The summed E-state index contributed by atoms with van der Waals surface area (Å²) >= 11 is 17.3. The normalized spacial score (nSPS) is 12.2. The number of rotatable bonds is 5. The Bertz CT molecular complexity index is 375. The summed E-state index contributed by atoms with van der Waals surface area (Å²) in [5, 5.41) is 3.73. The van der Waals surface area contributed by atoms with Crippen LogP contribution in [0.25, 0.3) is 0 Å². The van der Waals surface area contributed by atoms with E-state index in [1.807, 2.05) is 6.92 Å². The topological polar surface area (TPSA) is 29.1 Å². The van der Waals surface area contributed by atoms with Gasteiger partial charge < -0.3 is 5.32 Å². The zero-order valence-corrected chi connectivity index (χ0v) is 11.7. The van der Waals surface area contributed by atoms with Gasteiger partial charge >= 0.3 is 0 Å². The monoisotopic (exact) mass is 293 g/mol. The Hall–Kier alpha value is -0.440. The molecule has 1 atom stereocenters. The van der Waals surface area contributed by atoms with Gasteiger partial charge in [-0.2, -0.15) is 0 Å². The van der Waals surface area contributed by atoms with Crippen LogP contribution in [0.15, 0.2) is 18.2 Å². The number of alkyl halides is 1. The fraction of sp³-hybridized carbons (Fsp3) is 0.417. The first-order chi connectivity index (χ1) is 8.02. The van der Waals surface area contributed by atoms with E-state index in [2.05, 4.69) is 5.32 Å². The average Bonchev–Trinajstić information content (AvgIpc) is 2.25. The van der Waals surface area contributed by atoms with Crippen LogP contribution in [0.4, 0.5) is 0 Å². The largest absolute Gasteiger partial charge is 0.352 e. The molecule has 1 amide bonds. The zero-order valence-electron chi connectivity index (χ0n) is 9.47. The van der Waals surface area contributed by atoms with Gasteiger partial charge in [-0.05, 0) is 30.5 Å². The third kappa shape index (κ3) is 5.15. The van der Waals surface area contributed by atoms with E-state index in [-0.39, 0.29) is 5.91 Å². The van der Waals surface area contributed by atoms with Gasteiger partial charge in [0, 0.05) is 28.0 Å². The lowest BCUT2D eigenvalue weighted by molar-refractivity contribution is 0.0948. The van der Waals surface area contributed by atoms with Crippen LogP contribution in [0.5, 0.6) is 0 Å². The predicted octanol–water partition coefficient (Wildman–Crippen LogP) is 3.99. The first-order valence-corrected chi connectivity index (χ1v) is 6.62. The van der Waals surface area contributed by atoms with Gasteiger partial charge in [0.25, 0.3) is 5.91 Å². The molecule has 0 spiro atoms. The molecule has 2 nitrogen and oxygen atoms in total. The molecule has 0 aliphatic heterocycles. The number of halogens is 3. The minimum atomic E-state index is -0.171. The molecule has 1 N–H and O–H groups in total. The van der Waals surface area contributed by atoms with E-state index in [1.54, 1.807) is 18.2 Å². The summed E-state index contributed by atoms with van der Waals surface area (Å²) in [5.74, 6) is 0.780. The van der Waals surface area contributed by atoms with Crippen LogP contribution in [-0.2, 0) is 0 Å². The molecule has 5 heteroatoms. The Morgan fingerprint density at radius 2 is 1.88 bits per heavy atom. The van der Waals surface area contributed by atoms with Crippen LogP contribution in [0.3, 0.4) is 0 Å². The molecule has 0 saturated carbocycles. The van der Waals surface area contributed by atoms with E-state index in [0.29, 0.717) is 34.0 Å². The van der Waals surface area contributed by atoms with Gasteiger partial charge in [0.15, 0.2) is 0 Å². The van der Waals surface area contributed by atoms with Crippen molar-refractivity contribution in [3.8, 4) is 0 Å². The highest BCUT2D eigenvalue weighted by atomic mass is 35.5. The van der Waals surface area contributed by atoms with Gasteiger partial charge in [-0.15, -0.1) is 11.6 Å². The summed E-state index contributed by atoms with van der Waals surface area (Å²) in [4.78, 5) is 11.8. The quantitative estimate of drug-likeness (QED) is 0.818. The molecule has 1 rings (SSSR count). The first kappa shape index (κ1) is 14.6. The lowest BCUT2D eigenvalue weighted by Gasteiger charge is -2.11. The van der Waals surface area contributed by atoms with E-state index in [9.17, 15) is 4.79 Å². The Morgan fingerprint density at radius 3 is 2.41 bits per heavy atom. The molecule has 0 radical (unpaired) electrons. The Morgan fingerprint density at radius 1 is 1.29 bits per heavy atom. The minimum Gasteiger partial charge on any atom is -0.352 e. The van der Waals surface area contributed by atoms with Crippen molar-refractivity contribution in [2.45, 2.75) is 13.3 Å². The number of hydrogen-bond acceptors (Lipinski definition) is 1. The molecular formula is C12H14Cl3NO. The van der Waals surface area contributed by atoms with Crippen LogP contribution in [0.1, 0.15) is 23.7 Å². The second-order valence-electron chi connectivity index (χ2n) is 3.95. The number of benzene rings is 1. The van der Waals surface area contributed by atoms with E-state index in [4.69, 9.17) is 34.8 Å². The zero-order chi connectivity index (χ0) is 12.8. The van der Waals surface area contributed by atoms with Crippen LogP contribution in [0, 0.1) is 5.92 Å². The third-order valence-corrected chi connectivity index (χ3v) is 2.99. The number of carbonyl (C=O) groups excluding carboxylic acids is 1. The molecule has 0 heterocycles. The van der Waals surface area contributed by atoms with Crippen LogP contribution < -0.4 is 5.32 Å². The molecule has 94 valence electrons. The number of nitrogens with one attached hydrogen (secondary N) is 1. The summed E-state index contributed by atoms with van der Waals surface area (Å²) in [6, 6.07) is 4.78.